The number of aromatic nitrogens is 4. The van der Waals surface area contributed by atoms with Crippen LogP contribution in [-0.2, 0) is 21.3 Å². The molecule has 2 heterocycles. The Labute approximate surface area is 129 Å². The lowest BCUT2D eigenvalue weighted by atomic mass is 10.2. The Hall–Kier alpha value is -0.710. The Morgan fingerprint density at radius 2 is 2.29 bits per heavy atom. The summed E-state index contributed by atoms with van der Waals surface area (Å²) >= 11 is 1.48. The maximum Gasteiger partial charge on any atom is 0.213 e. The molecule has 1 aromatic heterocycles. The minimum Gasteiger partial charge on any atom is -0.376 e. The molecule has 120 valence electrons. The highest BCUT2D eigenvalue weighted by atomic mass is 32.2. The maximum absolute atomic E-state index is 11.6. The lowest BCUT2D eigenvalue weighted by Gasteiger charge is -2.11. The molecule has 0 radical (unpaired) electrons. The van der Waals surface area contributed by atoms with Gasteiger partial charge in [-0.25, -0.2) is 17.4 Å². The summed E-state index contributed by atoms with van der Waals surface area (Å²) in [4.78, 5) is 0. The molecule has 1 saturated heterocycles. The van der Waals surface area contributed by atoms with Gasteiger partial charge in [-0.2, -0.15) is 0 Å². The van der Waals surface area contributed by atoms with Crippen LogP contribution in [0.3, 0.4) is 0 Å². The van der Waals surface area contributed by atoms with E-state index in [1.165, 1.54) is 16.1 Å². The van der Waals surface area contributed by atoms with Crippen molar-refractivity contribution in [3.8, 4) is 0 Å². The van der Waals surface area contributed by atoms with Crippen LogP contribution in [0.15, 0.2) is 5.16 Å². The molecule has 2 rings (SSSR count). The molecular formula is C11H21N5O3S2. The van der Waals surface area contributed by atoms with Crippen LogP contribution in [0.5, 0.6) is 0 Å². The largest absolute Gasteiger partial charge is 0.376 e. The van der Waals surface area contributed by atoms with Gasteiger partial charge >= 0.3 is 0 Å². The highest BCUT2D eigenvalue weighted by molar-refractivity contribution is 7.99. The van der Waals surface area contributed by atoms with E-state index in [-0.39, 0.29) is 11.9 Å². The summed E-state index contributed by atoms with van der Waals surface area (Å²) in [5.74, 6) is 0.805. The van der Waals surface area contributed by atoms with Gasteiger partial charge in [0, 0.05) is 26.5 Å². The minimum atomic E-state index is -3.13. The average Bonchev–Trinajstić information content (AvgIpc) is 3.07. The Morgan fingerprint density at radius 3 is 2.95 bits per heavy atom. The molecule has 0 unspecified atom stereocenters. The molecule has 8 nitrogen and oxygen atoms in total. The molecule has 1 atom stereocenters. The van der Waals surface area contributed by atoms with Crippen molar-refractivity contribution in [2.24, 2.45) is 0 Å². The molecular weight excluding hydrogens is 314 g/mol. The fourth-order valence-corrected chi connectivity index (χ4v) is 3.87. The molecule has 0 aliphatic carbocycles. The smallest absolute Gasteiger partial charge is 0.213 e. The summed E-state index contributed by atoms with van der Waals surface area (Å²) < 4.78 is 31.8. The van der Waals surface area contributed by atoms with Crippen molar-refractivity contribution in [1.29, 1.82) is 0 Å². The summed E-state index contributed by atoms with van der Waals surface area (Å²) in [5.41, 5.74) is 0. The van der Waals surface area contributed by atoms with Gasteiger partial charge in [0.2, 0.25) is 15.2 Å². The molecule has 21 heavy (non-hydrogen) atoms. The van der Waals surface area contributed by atoms with Crippen molar-refractivity contribution < 1.29 is 13.2 Å². The first-order valence-corrected chi connectivity index (χ1v) is 9.49. The normalized spacial score (nSPS) is 19.5. The molecule has 0 spiro atoms. The van der Waals surface area contributed by atoms with Crippen LogP contribution in [0.25, 0.3) is 0 Å². The summed E-state index contributed by atoms with van der Waals surface area (Å²) in [6.45, 7) is 1.46. The van der Waals surface area contributed by atoms with Crippen LogP contribution in [-0.4, -0.2) is 71.2 Å². The van der Waals surface area contributed by atoms with Gasteiger partial charge in [-0.1, -0.05) is 11.8 Å². The summed E-state index contributed by atoms with van der Waals surface area (Å²) in [5, 5.41) is 12.3. The third kappa shape index (κ3) is 4.90. The average molecular weight is 335 g/mol. The fraction of sp³-hybridized carbons (Fsp3) is 0.909. The van der Waals surface area contributed by atoms with Crippen molar-refractivity contribution in [2.45, 2.75) is 37.1 Å². The second kappa shape index (κ2) is 7.52. The van der Waals surface area contributed by atoms with Crippen LogP contribution in [0, 0.1) is 0 Å². The van der Waals surface area contributed by atoms with E-state index in [1.807, 2.05) is 0 Å². The van der Waals surface area contributed by atoms with Crippen molar-refractivity contribution in [1.82, 2.24) is 24.5 Å². The van der Waals surface area contributed by atoms with E-state index >= 15 is 0 Å². The van der Waals surface area contributed by atoms with Crippen molar-refractivity contribution in [3.05, 3.63) is 0 Å². The number of thioether (sulfide) groups is 1. The molecule has 1 aliphatic heterocycles. The first-order valence-electron chi connectivity index (χ1n) is 6.90. The number of hydrogen-bond acceptors (Lipinski definition) is 7. The van der Waals surface area contributed by atoms with Crippen molar-refractivity contribution in [2.75, 3.05) is 32.2 Å². The van der Waals surface area contributed by atoms with Gasteiger partial charge in [0.25, 0.3) is 0 Å². The number of nitrogens with zero attached hydrogens (tertiary/aromatic N) is 5. The van der Waals surface area contributed by atoms with Gasteiger partial charge in [-0.3, -0.25) is 0 Å². The molecule has 1 aliphatic rings. The highest BCUT2D eigenvalue weighted by Gasteiger charge is 2.19. The highest BCUT2D eigenvalue weighted by Crippen LogP contribution is 2.19. The molecule has 0 amide bonds. The Morgan fingerprint density at radius 1 is 1.48 bits per heavy atom. The molecule has 0 bridgehead atoms. The molecule has 1 aromatic rings. The Kier molecular flexibility index (Phi) is 5.97. The zero-order chi connectivity index (χ0) is 15.3. The monoisotopic (exact) mass is 335 g/mol. The van der Waals surface area contributed by atoms with E-state index in [0.29, 0.717) is 23.9 Å². The third-order valence-corrected chi connectivity index (χ3v) is 6.19. The lowest BCUT2D eigenvalue weighted by molar-refractivity contribution is 0.0912. The maximum atomic E-state index is 11.6. The van der Waals surface area contributed by atoms with Crippen LogP contribution >= 0.6 is 11.8 Å². The predicted octanol–water partition coefficient (Wildman–Crippen LogP) is 0.226. The number of tetrazole rings is 1. The van der Waals surface area contributed by atoms with Gasteiger partial charge in [0.05, 0.1) is 18.4 Å². The first-order chi connectivity index (χ1) is 9.99. The fourth-order valence-electron chi connectivity index (χ4n) is 1.98. The van der Waals surface area contributed by atoms with Crippen LogP contribution < -0.4 is 0 Å². The van der Waals surface area contributed by atoms with Gasteiger partial charge in [0.1, 0.15) is 0 Å². The SMILES string of the molecule is CN(C)S(=O)(=O)CCCSc1nnnn1C[C@H]1CCCO1. The quantitative estimate of drug-likeness (QED) is 0.496. The van der Waals surface area contributed by atoms with Crippen LogP contribution in [0.2, 0.25) is 0 Å². The lowest BCUT2D eigenvalue weighted by Crippen LogP contribution is -2.25. The van der Waals surface area contributed by atoms with E-state index in [4.69, 9.17) is 4.74 Å². The minimum absolute atomic E-state index is 0.139. The summed E-state index contributed by atoms with van der Waals surface area (Å²) in [6.07, 6.45) is 2.86. The first kappa shape index (κ1) is 16.7. The van der Waals surface area contributed by atoms with Crippen molar-refractivity contribution >= 4 is 21.8 Å². The van der Waals surface area contributed by atoms with E-state index < -0.39 is 10.0 Å². The number of hydrogen-bond donors (Lipinski definition) is 0. The second-order valence-corrected chi connectivity index (χ2v) is 8.44. The molecule has 0 N–H and O–H groups in total. The van der Waals surface area contributed by atoms with Gasteiger partial charge in [-0.15, -0.1) is 5.10 Å². The van der Waals surface area contributed by atoms with E-state index in [2.05, 4.69) is 15.5 Å². The molecule has 10 heteroatoms. The molecule has 0 aromatic carbocycles. The van der Waals surface area contributed by atoms with Crippen LogP contribution in [0.1, 0.15) is 19.3 Å². The second-order valence-electron chi connectivity index (χ2n) is 5.08. The summed E-state index contributed by atoms with van der Waals surface area (Å²) in [7, 11) is -0.0340. The Bertz CT molecular complexity index is 540. The van der Waals surface area contributed by atoms with Crippen LogP contribution in [0.4, 0.5) is 0 Å². The van der Waals surface area contributed by atoms with E-state index in [0.717, 1.165) is 19.4 Å². The van der Waals surface area contributed by atoms with Gasteiger partial charge in [0.15, 0.2) is 0 Å². The molecule has 1 fully saturated rings. The van der Waals surface area contributed by atoms with E-state index in [9.17, 15) is 8.42 Å². The van der Waals surface area contributed by atoms with Gasteiger partial charge in [-0.05, 0) is 29.7 Å². The predicted molar refractivity (Wildman–Crippen MR) is 79.6 cm³/mol. The number of ether oxygens (including phenoxy) is 1. The number of sulfonamides is 1. The zero-order valence-corrected chi connectivity index (χ0v) is 13.9. The van der Waals surface area contributed by atoms with E-state index in [1.54, 1.807) is 18.8 Å². The Balaban J connectivity index is 1.77. The van der Waals surface area contributed by atoms with Gasteiger partial charge < -0.3 is 4.74 Å². The zero-order valence-electron chi connectivity index (χ0n) is 12.3. The molecule has 0 saturated carbocycles. The standard InChI is InChI=1S/C11H21N5O3S2/c1-15(2)21(17,18)8-4-7-20-11-12-13-14-16(11)9-10-5-3-6-19-10/h10H,3-9H2,1-2H3/t10-/m1/s1. The number of rotatable bonds is 8. The van der Waals surface area contributed by atoms with Crippen molar-refractivity contribution in [3.63, 3.8) is 0 Å². The summed E-state index contributed by atoms with van der Waals surface area (Å²) in [6, 6.07) is 0. The third-order valence-electron chi connectivity index (χ3n) is 3.23. The topological polar surface area (TPSA) is 90.2 Å².